The predicted octanol–water partition coefficient (Wildman–Crippen LogP) is 4.52. The fraction of sp³-hybridized carbons (Fsp3) is 0.188. The van der Waals surface area contributed by atoms with Gasteiger partial charge in [-0.05, 0) is 49.2 Å². The van der Waals surface area contributed by atoms with Crippen LogP contribution in [0.5, 0.6) is 0 Å². The van der Waals surface area contributed by atoms with E-state index in [1.54, 1.807) is 12.1 Å². The third kappa shape index (κ3) is 2.12. The van der Waals surface area contributed by atoms with E-state index < -0.39 is 0 Å². The molecule has 1 saturated carbocycles. The van der Waals surface area contributed by atoms with Crippen LogP contribution in [-0.4, -0.2) is 9.55 Å². The average Bonchev–Trinajstić information content (AvgIpc) is 3.22. The Hall–Kier alpha value is -1.88. The van der Waals surface area contributed by atoms with Crippen LogP contribution in [0, 0.1) is 5.82 Å². The second-order valence-electron chi connectivity index (χ2n) is 5.40. The van der Waals surface area contributed by atoms with Crippen molar-refractivity contribution in [3.05, 3.63) is 46.7 Å². The topological polar surface area (TPSA) is 43.8 Å². The van der Waals surface area contributed by atoms with Crippen molar-refractivity contribution < 1.29 is 4.39 Å². The number of hydrogen-bond donors (Lipinski definition) is 1. The van der Waals surface area contributed by atoms with Crippen LogP contribution in [0.15, 0.2) is 40.9 Å². The number of benzene rings is 2. The molecule has 0 aliphatic heterocycles. The molecule has 1 aliphatic rings. The number of fused-ring (bicyclic) bond motifs is 1. The van der Waals surface area contributed by atoms with Gasteiger partial charge >= 0.3 is 0 Å². The second-order valence-corrected chi connectivity index (χ2v) is 6.32. The quantitative estimate of drug-likeness (QED) is 0.693. The number of halogens is 2. The number of nitrogen functional groups attached to an aromatic ring is 1. The summed E-state index contributed by atoms with van der Waals surface area (Å²) < 4.78 is 16.7. The summed E-state index contributed by atoms with van der Waals surface area (Å²) in [6.45, 7) is 0. The van der Waals surface area contributed by atoms with E-state index in [4.69, 9.17) is 5.73 Å². The van der Waals surface area contributed by atoms with Crippen molar-refractivity contribution in [2.24, 2.45) is 0 Å². The second kappa shape index (κ2) is 4.56. The molecular formula is C16H13BrFN3. The number of nitrogens with two attached hydrogens (primary N) is 1. The van der Waals surface area contributed by atoms with E-state index in [1.165, 1.54) is 6.07 Å². The van der Waals surface area contributed by atoms with Gasteiger partial charge < -0.3 is 10.3 Å². The van der Waals surface area contributed by atoms with Crippen molar-refractivity contribution in [3.8, 4) is 11.4 Å². The third-order valence-electron chi connectivity index (χ3n) is 3.82. The van der Waals surface area contributed by atoms with Crippen LogP contribution in [0.25, 0.3) is 22.4 Å². The van der Waals surface area contributed by atoms with Crippen molar-refractivity contribution in [1.82, 2.24) is 9.55 Å². The Kier molecular flexibility index (Phi) is 2.79. The van der Waals surface area contributed by atoms with Crippen LogP contribution in [-0.2, 0) is 0 Å². The van der Waals surface area contributed by atoms with Crippen molar-refractivity contribution in [2.75, 3.05) is 5.73 Å². The summed E-state index contributed by atoms with van der Waals surface area (Å²) in [7, 11) is 0. The van der Waals surface area contributed by atoms with Crippen LogP contribution in [0.4, 0.5) is 10.1 Å². The fourth-order valence-electron chi connectivity index (χ4n) is 2.68. The zero-order valence-electron chi connectivity index (χ0n) is 11.2. The first kappa shape index (κ1) is 12.8. The zero-order chi connectivity index (χ0) is 14.6. The van der Waals surface area contributed by atoms with E-state index >= 15 is 0 Å². The molecule has 1 aliphatic carbocycles. The standard InChI is InChI=1S/C16H13BrFN3/c17-9-1-5-13(19)12(7-9)16-20-14-6-2-10(18)8-15(14)21(16)11-3-4-11/h1-2,5-8,11H,3-4,19H2. The lowest BCUT2D eigenvalue weighted by molar-refractivity contribution is 0.628. The number of nitrogens with zero attached hydrogens (tertiary/aromatic N) is 2. The molecule has 21 heavy (non-hydrogen) atoms. The molecule has 2 N–H and O–H groups in total. The molecule has 1 heterocycles. The number of hydrogen-bond acceptors (Lipinski definition) is 2. The van der Waals surface area contributed by atoms with Gasteiger partial charge in [-0.15, -0.1) is 0 Å². The lowest BCUT2D eigenvalue weighted by atomic mass is 10.1. The summed E-state index contributed by atoms with van der Waals surface area (Å²) in [5, 5.41) is 0. The van der Waals surface area contributed by atoms with Crippen molar-refractivity contribution in [1.29, 1.82) is 0 Å². The van der Waals surface area contributed by atoms with Crippen molar-refractivity contribution in [3.63, 3.8) is 0 Å². The highest BCUT2D eigenvalue weighted by Crippen LogP contribution is 2.42. The molecule has 0 radical (unpaired) electrons. The minimum absolute atomic E-state index is 0.238. The van der Waals surface area contributed by atoms with Crippen LogP contribution in [0.1, 0.15) is 18.9 Å². The largest absolute Gasteiger partial charge is 0.398 e. The van der Waals surface area contributed by atoms with Crippen LogP contribution in [0.2, 0.25) is 0 Å². The molecule has 0 spiro atoms. The Morgan fingerprint density at radius 2 is 2.00 bits per heavy atom. The van der Waals surface area contributed by atoms with Gasteiger partial charge in [0, 0.05) is 21.8 Å². The molecule has 106 valence electrons. The Balaban J connectivity index is 2.04. The highest BCUT2D eigenvalue weighted by atomic mass is 79.9. The van der Waals surface area contributed by atoms with E-state index in [9.17, 15) is 4.39 Å². The summed E-state index contributed by atoms with van der Waals surface area (Å²) in [5.74, 6) is 0.579. The Morgan fingerprint density at radius 1 is 1.19 bits per heavy atom. The van der Waals surface area contributed by atoms with E-state index in [0.29, 0.717) is 11.7 Å². The summed E-state index contributed by atoms with van der Waals surface area (Å²) in [5.41, 5.74) is 9.32. The first-order valence-electron chi connectivity index (χ1n) is 6.86. The molecule has 0 amide bonds. The van der Waals surface area contributed by atoms with Gasteiger partial charge in [0.05, 0.1) is 11.0 Å². The number of anilines is 1. The molecule has 2 aromatic carbocycles. The monoisotopic (exact) mass is 345 g/mol. The van der Waals surface area contributed by atoms with Gasteiger partial charge in [0.25, 0.3) is 0 Å². The maximum Gasteiger partial charge on any atom is 0.143 e. The van der Waals surface area contributed by atoms with Crippen LogP contribution in [0.3, 0.4) is 0 Å². The lowest BCUT2D eigenvalue weighted by Gasteiger charge is -2.10. The van der Waals surface area contributed by atoms with Gasteiger partial charge in [-0.25, -0.2) is 9.37 Å². The molecule has 0 unspecified atom stereocenters. The Labute approximate surface area is 129 Å². The maximum atomic E-state index is 13.6. The minimum atomic E-state index is -0.238. The first-order valence-corrected chi connectivity index (χ1v) is 7.65. The van der Waals surface area contributed by atoms with Gasteiger partial charge in [-0.1, -0.05) is 15.9 Å². The fourth-order valence-corrected chi connectivity index (χ4v) is 3.04. The number of aromatic nitrogens is 2. The molecular weight excluding hydrogens is 333 g/mol. The summed E-state index contributed by atoms with van der Waals surface area (Å²) in [6, 6.07) is 10.8. The van der Waals surface area contributed by atoms with E-state index in [0.717, 1.165) is 39.7 Å². The molecule has 1 aromatic heterocycles. The van der Waals surface area contributed by atoms with Crippen molar-refractivity contribution >= 4 is 32.7 Å². The molecule has 3 aromatic rings. The maximum absolute atomic E-state index is 13.6. The van der Waals surface area contributed by atoms with E-state index in [-0.39, 0.29) is 5.82 Å². The molecule has 1 fully saturated rings. The molecule has 5 heteroatoms. The zero-order valence-corrected chi connectivity index (χ0v) is 12.8. The summed E-state index contributed by atoms with van der Waals surface area (Å²) >= 11 is 3.47. The summed E-state index contributed by atoms with van der Waals surface area (Å²) in [6.07, 6.45) is 2.20. The predicted molar refractivity (Wildman–Crippen MR) is 85.5 cm³/mol. The van der Waals surface area contributed by atoms with Gasteiger partial charge in [0.1, 0.15) is 11.6 Å². The summed E-state index contributed by atoms with van der Waals surface area (Å²) in [4.78, 5) is 4.68. The highest BCUT2D eigenvalue weighted by molar-refractivity contribution is 9.10. The molecule has 0 saturated heterocycles. The van der Waals surface area contributed by atoms with E-state index in [2.05, 4.69) is 25.5 Å². The third-order valence-corrected chi connectivity index (χ3v) is 4.31. The SMILES string of the molecule is Nc1ccc(Br)cc1-c1nc2ccc(F)cc2n1C1CC1. The Bertz CT molecular complexity index is 852. The van der Waals surface area contributed by atoms with Crippen LogP contribution >= 0.6 is 15.9 Å². The normalized spacial score (nSPS) is 14.8. The van der Waals surface area contributed by atoms with Gasteiger partial charge in [0.15, 0.2) is 0 Å². The first-order chi connectivity index (χ1) is 10.1. The average molecular weight is 346 g/mol. The molecule has 0 bridgehead atoms. The van der Waals surface area contributed by atoms with Gasteiger partial charge in [-0.3, -0.25) is 0 Å². The van der Waals surface area contributed by atoms with E-state index in [1.807, 2.05) is 18.2 Å². The molecule has 0 atom stereocenters. The number of rotatable bonds is 2. The highest BCUT2D eigenvalue weighted by Gasteiger charge is 2.29. The van der Waals surface area contributed by atoms with Gasteiger partial charge in [0.2, 0.25) is 0 Å². The molecule has 3 nitrogen and oxygen atoms in total. The van der Waals surface area contributed by atoms with Crippen LogP contribution < -0.4 is 5.73 Å². The minimum Gasteiger partial charge on any atom is -0.398 e. The number of imidazole rings is 1. The van der Waals surface area contributed by atoms with Gasteiger partial charge in [-0.2, -0.15) is 0 Å². The molecule has 4 rings (SSSR count). The Morgan fingerprint density at radius 3 is 2.76 bits per heavy atom. The smallest absolute Gasteiger partial charge is 0.143 e. The van der Waals surface area contributed by atoms with Crippen molar-refractivity contribution in [2.45, 2.75) is 18.9 Å². The lowest BCUT2D eigenvalue weighted by Crippen LogP contribution is -2.00.